The molecule has 0 amide bonds. The van der Waals surface area contributed by atoms with Crippen LogP contribution in [0.4, 0.5) is 0 Å². The molecule has 2 aromatic carbocycles. The molecule has 4 heteroatoms. The van der Waals surface area contributed by atoms with Crippen molar-refractivity contribution in [3.63, 3.8) is 0 Å². The highest BCUT2D eigenvalue weighted by Crippen LogP contribution is 2.24. The highest BCUT2D eigenvalue weighted by molar-refractivity contribution is 5.90. The summed E-state index contributed by atoms with van der Waals surface area (Å²) < 4.78 is 3.81. The number of nitrogens with one attached hydrogen (secondary N) is 1. The van der Waals surface area contributed by atoms with Gasteiger partial charge in [0, 0.05) is 23.6 Å². The first-order chi connectivity index (χ1) is 10.3. The van der Waals surface area contributed by atoms with Gasteiger partial charge in [0.05, 0.1) is 16.6 Å². The number of para-hydroxylation sites is 1. The Bertz CT molecular complexity index is 1000. The lowest BCUT2D eigenvalue weighted by Gasteiger charge is -2.12. The quantitative estimate of drug-likeness (QED) is 0.600. The zero-order valence-electron chi connectivity index (χ0n) is 11.7. The number of benzene rings is 2. The number of H-pyrrole nitrogens is 1. The highest BCUT2D eigenvalue weighted by Gasteiger charge is 2.14. The van der Waals surface area contributed by atoms with E-state index < -0.39 is 0 Å². The third-order valence-corrected chi connectivity index (χ3v) is 3.94. The summed E-state index contributed by atoms with van der Waals surface area (Å²) in [7, 11) is 0. The van der Waals surface area contributed by atoms with E-state index in [0.29, 0.717) is 6.54 Å². The monoisotopic (exact) mass is 277 g/mol. The van der Waals surface area contributed by atoms with Crippen LogP contribution in [-0.2, 0) is 6.54 Å². The summed E-state index contributed by atoms with van der Waals surface area (Å²) in [4.78, 5) is 15.8. The van der Waals surface area contributed by atoms with E-state index in [9.17, 15) is 4.79 Å². The molecule has 0 unspecified atom stereocenters. The minimum Gasteiger partial charge on any atom is -0.361 e. The first-order valence-electron chi connectivity index (χ1n) is 7.08. The molecule has 4 rings (SSSR count). The van der Waals surface area contributed by atoms with E-state index >= 15 is 0 Å². The van der Waals surface area contributed by atoms with E-state index in [4.69, 9.17) is 0 Å². The van der Waals surface area contributed by atoms with Gasteiger partial charge in [-0.1, -0.05) is 18.2 Å². The van der Waals surface area contributed by atoms with Gasteiger partial charge in [0.1, 0.15) is 0 Å². The number of hydrogen-bond donors (Lipinski definition) is 1. The van der Waals surface area contributed by atoms with Gasteiger partial charge in [0.2, 0.25) is 0 Å². The second-order valence-electron chi connectivity index (χ2n) is 5.07. The molecule has 0 aliphatic rings. The van der Waals surface area contributed by atoms with E-state index in [2.05, 4.69) is 4.98 Å². The number of aromatic amines is 1. The third-order valence-electron chi connectivity index (χ3n) is 3.94. The second kappa shape index (κ2) is 4.38. The summed E-state index contributed by atoms with van der Waals surface area (Å²) in [6.45, 7) is 2.63. The van der Waals surface area contributed by atoms with Crippen molar-refractivity contribution in [1.82, 2.24) is 14.3 Å². The summed E-state index contributed by atoms with van der Waals surface area (Å²) in [5.41, 5.74) is 3.09. The maximum atomic E-state index is 12.6. The van der Waals surface area contributed by atoms with Crippen molar-refractivity contribution in [3.05, 3.63) is 65.1 Å². The van der Waals surface area contributed by atoms with E-state index in [-0.39, 0.29) is 5.56 Å². The van der Waals surface area contributed by atoms with Gasteiger partial charge in [0.25, 0.3) is 5.56 Å². The molecule has 0 bridgehead atoms. The molecule has 2 heterocycles. The Labute approximate surface area is 121 Å². The Kier molecular flexibility index (Phi) is 2.51. The number of hydrogen-bond acceptors (Lipinski definition) is 1. The van der Waals surface area contributed by atoms with Crippen molar-refractivity contribution in [1.29, 1.82) is 0 Å². The van der Waals surface area contributed by atoms with Crippen LogP contribution < -0.4 is 5.56 Å². The fraction of sp³-hybridized carbons (Fsp3) is 0.118. The number of aromatic nitrogens is 3. The predicted molar refractivity (Wildman–Crippen MR) is 85.1 cm³/mol. The maximum Gasteiger partial charge on any atom is 0.274 e. The zero-order chi connectivity index (χ0) is 14.4. The minimum absolute atomic E-state index is 0.0561. The minimum atomic E-state index is 0.0561. The molecule has 0 aliphatic heterocycles. The molecule has 4 aromatic rings. The van der Waals surface area contributed by atoms with Crippen molar-refractivity contribution < 1.29 is 0 Å². The van der Waals surface area contributed by atoms with Crippen molar-refractivity contribution >= 4 is 21.8 Å². The molecule has 0 aliphatic carbocycles. The molecule has 0 saturated heterocycles. The van der Waals surface area contributed by atoms with E-state index in [1.807, 2.05) is 66.3 Å². The number of rotatable bonds is 2. The van der Waals surface area contributed by atoms with Crippen molar-refractivity contribution in [2.75, 3.05) is 0 Å². The first kappa shape index (κ1) is 12.0. The molecule has 0 saturated carbocycles. The Morgan fingerprint density at radius 3 is 2.71 bits per heavy atom. The molecule has 21 heavy (non-hydrogen) atoms. The van der Waals surface area contributed by atoms with Crippen molar-refractivity contribution in [3.8, 4) is 5.69 Å². The average Bonchev–Trinajstić information content (AvgIpc) is 3.10. The molecular weight excluding hydrogens is 262 g/mol. The smallest absolute Gasteiger partial charge is 0.274 e. The Hall–Kier alpha value is -2.75. The summed E-state index contributed by atoms with van der Waals surface area (Å²) in [6, 6.07) is 15.9. The van der Waals surface area contributed by atoms with Crippen LogP contribution in [0.3, 0.4) is 0 Å². The fourth-order valence-electron chi connectivity index (χ4n) is 3.00. The van der Waals surface area contributed by atoms with Crippen LogP contribution in [0.15, 0.2) is 59.5 Å². The standard InChI is InChI=1S/C17H15N3O/c1-2-19-17(21)13-6-3-4-8-16(13)20(19)15-9-5-7-14-12(15)10-11-18-14/h3-11,18H,2H2,1H3. The lowest BCUT2D eigenvalue weighted by Crippen LogP contribution is -2.21. The van der Waals surface area contributed by atoms with Crippen LogP contribution in [0.25, 0.3) is 27.5 Å². The van der Waals surface area contributed by atoms with Gasteiger partial charge in [-0.05, 0) is 37.3 Å². The topological polar surface area (TPSA) is 42.7 Å². The van der Waals surface area contributed by atoms with Gasteiger partial charge in [-0.25, -0.2) is 9.36 Å². The first-order valence-corrected chi connectivity index (χ1v) is 7.08. The van der Waals surface area contributed by atoms with Crippen LogP contribution >= 0.6 is 0 Å². The summed E-state index contributed by atoms with van der Waals surface area (Å²) in [5, 5.41) is 1.87. The number of fused-ring (bicyclic) bond motifs is 2. The Morgan fingerprint density at radius 2 is 1.86 bits per heavy atom. The largest absolute Gasteiger partial charge is 0.361 e. The van der Waals surface area contributed by atoms with Gasteiger partial charge < -0.3 is 4.98 Å². The van der Waals surface area contributed by atoms with Crippen LogP contribution in [0.1, 0.15) is 6.92 Å². The molecule has 104 valence electrons. The highest BCUT2D eigenvalue weighted by atomic mass is 16.1. The van der Waals surface area contributed by atoms with Crippen LogP contribution in [0.2, 0.25) is 0 Å². The van der Waals surface area contributed by atoms with Gasteiger partial charge in [-0.15, -0.1) is 0 Å². The number of nitrogens with zero attached hydrogens (tertiary/aromatic N) is 2. The van der Waals surface area contributed by atoms with Gasteiger partial charge in [0.15, 0.2) is 0 Å². The predicted octanol–water partition coefficient (Wildman–Crippen LogP) is 3.29. The van der Waals surface area contributed by atoms with Crippen LogP contribution in [0, 0.1) is 0 Å². The molecule has 0 spiro atoms. The molecule has 1 N–H and O–H groups in total. The van der Waals surface area contributed by atoms with Crippen LogP contribution in [-0.4, -0.2) is 14.3 Å². The molecule has 0 atom stereocenters. The zero-order valence-corrected chi connectivity index (χ0v) is 11.7. The van der Waals surface area contributed by atoms with Crippen molar-refractivity contribution in [2.24, 2.45) is 0 Å². The molecule has 4 nitrogen and oxygen atoms in total. The summed E-state index contributed by atoms with van der Waals surface area (Å²) in [6.07, 6.45) is 1.92. The maximum absolute atomic E-state index is 12.6. The normalized spacial score (nSPS) is 11.5. The second-order valence-corrected chi connectivity index (χ2v) is 5.07. The van der Waals surface area contributed by atoms with E-state index in [0.717, 1.165) is 27.5 Å². The fourth-order valence-corrected chi connectivity index (χ4v) is 3.00. The van der Waals surface area contributed by atoms with Gasteiger partial charge in [-0.3, -0.25) is 4.79 Å². The van der Waals surface area contributed by atoms with Gasteiger partial charge >= 0.3 is 0 Å². The Morgan fingerprint density at radius 1 is 1.00 bits per heavy atom. The average molecular weight is 277 g/mol. The lowest BCUT2D eigenvalue weighted by atomic mass is 10.2. The Balaban J connectivity index is 2.20. The summed E-state index contributed by atoms with van der Waals surface area (Å²) >= 11 is 0. The third kappa shape index (κ3) is 1.59. The van der Waals surface area contributed by atoms with Crippen LogP contribution in [0.5, 0.6) is 0 Å². The van der Waals surface area contributed by atoms with Gasteiger partial charge in [-0.2, -0.15) is 0 Å². The van der Waals surface area contributed by atoms with Crippen molar-refractivity contribution in [2.45, 2.75) is 13.5 Å². The molecule has 2 aromatic heterocycles. The molecular formula is C17H15N3O. The molecule has 0 fully saturated rings. The molecule has 0 radical (unpaired) electrons. The summed E-state index contributed by atoms with van der Waals surface area (Å²) in [5.74, 6) is 0. The van der Waals surface area contributed by atoms with E-state index in [1.54, 1.807) is 4.68 Å². The SMILES string of the molecule is CCn1c(=O)c2ccccc2n1-c1cccc2[nH]ccc12. The van der Waals surface area contributed by atoms with E-state index in [1.165, 1.54) is 0 Å². The lowest BCUT2D eigenvalue weighted by molar-refractivity contribution is 0.579.